The summed E-state index contributed by atoms with van der Waals surface area (Å²) >= 11 is 0. The molecule has 1 aliphatic heterocycles. The molecule has 0 saturated carbocycles. The fourth-order valence-electron chi connectivity index (χ4n) is 2.19. The van der Waals surface area contributed by atoms with Gasteiger partial charge >= 0.3 is 0 Å². The summed E-state index contributed by atoms with van der Waals surface area (Å²) in [7, 11) is 1.41. The van der Waals surface area contributed by atoms with Crippen LogP contribution < -0.4 is 4.74 Å². The summed E-state index contributed by atoms with van der Waals surface area (Å²) in [6, 6.07) is 2.14. The summed E-state index contributed by atoms with van der Waals surface area (Å²) in [6.45, 7) is 1.98. The smallest absolute Gasteiger partial charge is 0.223 e. The second kappa shape index (κ2) is 8.70. The molecule has 7 heteroatoms. The number of rotatable bonds is 5. The van der Waals surface area contributed by atoms with Crippen molar-refractivity contribution in [1.29, 1.82) is 0 Å². The summed E-state index contributed by atoms with van der Waals surface area (Å²) in [5.74, 6) is -1.72. The number of nitrogens with zero attached hydrogens (tertiary/aromatic N) is 1. The van der Waals surface area contributed by atoms with Gasteiger partial charge in [0.25, 0.3) is 0 Å². The molecule has 0 spiro atoms. The van der Waals surface area contributed by atoms with E-state index in [-0.39, 0.29) is 62.4 Å². The third-order valence-corrected chi connectivity index (χ3v) is 3.11. The number of halogens is 2. The molecule has 1 heterocycles. The SMILES string of the molecule is CCN1C(=O)CC[C-]=C1c1c(F)cc(OCOC)cc1F.[Y]. The third kappa shape index (κ3) is 4.12. The maximum atomic E-state index is 14.2. The third-order valence-electron chi connectivity index (χ3n) is 3.11. The van der Waals surface area contributed by atoms with E-state index in [0.717, 1.165) is 12.1 Å². The van der Waals surface area contributed by atoms with Crippen LogP contribution >= 0.6 is 0 Å². The van der Waals surface area contributed by atoms with E-state index in [2.05, 4.69) is 10.8 Å². The van der Waals surface area contributed by atoms with Crippen molar-refractivity contribution in [3.8, 4) is 5.75 Å². The fraction of sp³-hybridized carbons (Fsp3) is 0.400. The molecule has 0 unspecified atom stereocenters. The molecule has 0 saturated heterocycles. The van der Waals surface area contributed by atoms with Crippen molar-refractivity contribution >= 4 is 11.6 Å². The van der Waals surface area contributed by atoms with E-state index in [4.69, 9.17) is 4.74 Å². The Hall–Kier alpha value is -0.846. The molecule has 1 aliphatic rings. The van der Waals surface area contributed by atoms with Gasteiger partial charge in [-0.15, -0.1) is 12.1 Å². The maximum absolute atomic E-state index is 14.2. The van der Waals surface area contributed by atoms with E-state index in [1.54, 1.807) is 6.92 Å². The van der Waals surface area contributed by atoms with Crippen molar-refractivity contribution in [2.24, 2.45) is 0 Å². The first kappa shape index (κ1) is 19.2. The summed E-state index contributed by atoms with van der Waals surface area (Å²) in [6.07, 6.45) is 3.54. The van der Waals surface area contributed by atoms with Gasteiger partial charge in [-0.25, -0.2) is 14.9 Å². The first-order chi connectivity index (χ1) is 10.1. The van der Waals surface area contributed by atoms with Crippen LogP contribution in [-0.4, -0.2) is 31.3 Å². The van der Waals surface area contributed by atoms with Crippen molar-refractivity contribution in [2.75, 3.05) is 20.4 Å². The maximum Gasteiger partial charge on any atom is 0.223 e. The number of benzene rings is 1. The van der Waals surface area contributed by atoms with Crippen LogP contribution in [0.3, 0.4) is 0 Å². The molecule has 1 aromatic rings. The van der Waals surface area contributed by atoms with E-state index in [1.165, 1.54) is 12.0 Å². The molecule has 1 amide bonds. The van der Waals surface area contributed by atoms with Crippen LogP contribution in [0.1, 0.15) is 25.3 Å². The van der Waals surface area contributed by atoms with Gasteiger partial charge in [0.05, 0.1) is 11.6 Å². The second-order valence-corrected chi connectivity index (χ2v) is 4.48. The van der Waals surface area contributed by atoms with Gasteiger partial charge in [0.2, 0.25) is 5.91 Å². The van der Waals surface area contributed by atoms with Gasteiger partial charge in [0.15, 0.2) is 6.79 Å². The Balaban J connectivity index is 0.00000242. The molecule has 0 bridgehead atoms. The molecular weight excluding hydrogens is 369 g/mol. The average molecular weight is 385 g/mol. The molecule has 0 fully saturated rings. The number of hydrogen-bond donors (Lipinski definition) is 0. The monoisotopic (exact) mass is 385 g/mol. The standard InChI is InChI=1S/C15H16F2NO3.Y/c1-3-18-13(5-4-6-14(18)19)15-11(16)7-10(8-12(15)17)21-9-20-2;/h7-8H,3-4,6,9H2,1-2H3;/q-1;. The van der Waals surface area contributed by atoms with E-state index < -0.39 is 11.6 Å². The van der Waals surface area contributed by atoms with Gasteiger partial charge in [-0.1, -0.05) is 5.56 Å². The zero-order chi connectivity index (χ0) is 15.4. The number of amides is 1. The molecule has 0 aliphatic carbocycles. The Kier molecular flexibility index (Phi) is 7.59. The Bertz CT molecular complexity index is 555. The quantitative estimate of drug-likeness (QED) is 0.578. The largest absolute Gasteiger partial charge is 0.467 e. The number of carbonyl (C=O) groups excluding carboxylic acids is 1. The van der Waals surface area contributed by atoms with E-state index in [9.17, 15) is 13.6 Å². The van der Waals surface area contributed by atoms with Crippen molar-refractivity contribution in [1.82, 2.24) is 4.90 Å². The van der Waals surface area contributed by atoms with E-state index >= 15 is 0 Å². The molecule has 117 valence electrons. The number of ether oxygens (including phenoxy) is 2. The number of allylic oxidation sites excluding steroid dienone is 1. The number of carbonyl (C=O) groups is 1. The minimum Gasteiger partial charge on any atom is -0.467 e. The van der Waals surface area contributed by atoms with Crippen LogP contribution in [0.2, 0.25) is 0 Å². The summed E-state index contributed by atoms with van der Waals surface area (Å²) in [5.41, 5.74) is -0.100. The molecule has 22 heavy (non-hydrogen) atoms. The van der Waals surface area contributed by atoms with E-state index in [1.807, 2.05) is 0 Å². The molecular formula is C15H16F2NO3Y-. The second-order valence-electron chi connectivity index (χ2n) is 4.48. The van der Waals surface area contributed by atoms with Crippen LogP contribution in [0.5, 0.6) is 5.75 Å². The van der Waals surface area contributed by atoms with Crippen molar-refractivity contribution in [3.05, 3.63) is 35.4 Å². The minimum absolute atomic E-state index is 0. The Morgan fingerprint density at radius 3 is 2.50 bits per heavy atom. The van der Waals surface area contributed by atoms with Crippen LogP contribution in [0.4, 0.5) is 8.78 Å². The van der Waals surface area contributed by atoms with Gasteiger partial charge < -0.3 is 14.4 Å². The van der Waals surface area contributed by atoms with Crippen LogP contribution in [0.15, 0.2) is 12.1 Å². The molecule has 1 radical (unpaired) electrons. The van der Waals surface area contributed by atoms with Gasteiger partial charge in [0.1, 0.15) is 5.75 Å². The molecule has 1 aromatic carbocycles. The zero-order valence-electron chi connectivity index (χ0n) is 12.5. The van der Waals surface area contributed by atoms with Gasteiger partial charge in [-0.3, -0.25) is 4.79 Å². The van der Waals surface area contributed by atoms with Crippen molar-refractivity contribution in [2.45, 2.75) is 19.8 Å². The van der Waals surface area contributed by atoms with E-state index in [0.29, 0.717) is 19.4 Å². The topological polar surface area (TPSA) is 38.8 Å². The first-order valence-electron chi connectivity index (χ1n) is 6.60. The Labute approximate surface area is 153 Å². The summed E-state index contributed by atoms with van der Waals surface area (Å²) < 4.78 is 38.1. The average Bonchev–Trinajstić information content (AvgIpc) is 2.44. The van der Waals surface area contributed by atoms with Crippen molar-refractivity contribution < 1.29 is 55.8 Å². The Morgan fingerprint density at radius 1 is 1.32 bits per heavy atom. The molecule has 4 nitrogen and oxygen atoms in total. The summed E-state index contributed by atoms with van der Waals surface area (Å²) in [4.78, 5) is 13.2. The van der Waals surface area contributed by atoms with Gasteiger partial charge in [-0.2, -0.15) is 0 Å². The van der Waals surface area contributed by atoms with Gasteiger partial charge in [0, 0.05) is 52.8 Å². The molecule has 2 rings (SSSR count). The van der Waals surface area contributed by atoms with Crippen LogP contribution in [0.25, 0.3) is 5.70 Å². The minimum atomic E-state index is -0.795. The summed E-state index contributed by atoms with van der Waals surface area (Å²) in [5, 5.41) is 0. The fourth-order valence-corrected chi connectivity index (χ4v) is 2.19. The zero-order valence-corrected chi connectivity index (χ0v) is 15.3. The normalized spacial score (nSPS) is 14.5. The van der Waals surface area contributed by atoms with Crippen LogP contribution in [0, 0.1) is 17.7 Å². The molecule has 0 N–H and O–H groups in total. The predicted molar refractivity (Wildman–Crippen MR) is 72.1 cm³/mol. The van der Waals surface area contributed by atoms with Crippen molar-refractivity contribution in [3.63, 3.8) is 0 Å². The first-order valence-corrected chi connectivity index (χ1v) is 6.60. The molecule has 0 atom stereocenters. The van der Waals surface area contributed by atoms with Crippen LogP contribution in [-0.2, 0) is 42.2 Å². The Morgan fingerprint density at radius 2 is 1.95 bits per heavy atom. The number of methoxy groups -OCH3 is 1. The molecule has 0 aromatic heterocycles. The predicted octanol–water partition coefficient (Wildman–Crippen LogP) is 2.73. The van der Waals surface area contributed by atoms with Gasteiger partial charge in [-0.05, 0) is 19.1 Å². The number of hydrogen-bond acceptors (Lipinski definition) is 3.